The summed E-state index contributed by atoms with van der Waals surface area (Å²) in [4.78, 5) is 11.7. The zero-order valence-electron chi connectivity index (χ0n) is 8.61. The van der Waals surface area contributed by atoms with Crippen molar-refractivity contribution < 1.29 is 9.18 Å². The van der Waals surface area contributed by atoms with Crippen LogP contribution in [0.25, 0.3) is 0 Å². The first kappa shape index (κ1) is 10.4. The summed E-state index contributed by atoms with van der Waals surface area (Å²) in [6.45, 7) is 5.51. The first-order valence-corrected chi connectivity index (χ1v) is 4.85. The quantitative estimate of drug-likeness (QED) is 0.610. The molecule has 0 spiro atoms. The Labute approximate surface area is 79.0 Å². The van der Waals surface area contributed by atoms with E-state index in [4.69, 9.17) is 0 Å². The molecule has 1 aliphatic rings. The Morgan fingerprint density at radius 3 is 2.23 bits per heavy atom. The molecule has 0 saturated heterocycles. The predicted molar refractivity (Wildman–Crippen MR) is 51.1 cm³/mol. The van der Waals surface area contributed by atoms with E-state index in [1.807, 2.05) is 20.8 Å². The van der Waals surface area contributed by atoms with Crippen LogP contribution in [0.1, 0.15) is 46.5 Å². The molecule has 1 aliphatic carbocycles. The number of Topliss-reactive ketones (excluding diaryl/α,β-unsaturated/α-hetero) is 1. The lowest BCUT2D eigenvalue weighted by Gasteiger charge is -2.21. The smallest absolute Gasteiger partial charge is 0.166 e. The number of carbonyl (C=O) groups excluding carboxylic acids is 1. The van der Waals surface area contributed by atoms with Crippen LogP contribution in [-0.2, 0) is 4.79 Å². The van der Waals surface area contributed by atoms with Crippen molar-refractivity contribution >= 4 is 5.78 Å². The van der Waals surface area contributed by atoms with Crippen LogP contribution in [-0.4, -0.2) is 5.78 Å². The Morgan fingerprint density at radius 1 is 1.23 bits per heavy atom. The highest BCUT2D eigenvalue weighted by Gasteiger charge is 2.28. The normalized spacial score (nSPS) is 19.1. The minimum atomic E-state index is -0.440. The Bertz CT molecular complexity index is 245. The lowest BCUT2D eigenvalue weighted by molar-refractivity contribution is -0.122. The van der Waals surface area contributed by atoms with Gasteiger partial charge in [0.25, 0.3) is 0 Å². The standard InChI is InChI=1S/C11H17FO/c1-11(2,3)10(13)8-6-4-5-7-9(8)12/h4-7H2,1-3H3. The monoisotopic (exact) mass is 184 g/mol. The van der Waals surface area contributed by atoms with E-state index in [1.165, 1.54) is 0 Å². The van der Waals surface area contributed by atoms with Crippen LogP contribution in [0.2, 0.25) is 0 Å². The average molecular weight is 184 g/mol. The van der Waals surface area contributed by atoms with Crippen molar-refractivity contribution in [3.05, 3.63) is 11.4 Å². The van der Waals surface area contributed by atoms with Gasteiger partial charge in [-0.1, -0.05) is 20.8 Å². The van der Waals surface area contributed by atoms with Gasteiger partial charge in [-0.3, -0.25) is 4.79 Å². The predicted octanol–water partition coefficient (Wildman–Crippen LogP) is 3.40. The number of halogens is 1. The molecule has 13 heavy (non-hydrogen) atoms. The van der Waals surface area contributed by atoms with Crippen LogP contribution in [0.15, 0.2) is 11.4 Å². The highest BCUT2D eigenvalue weighted by Crippen LogP contribution is 2.31. The van der Waals surface area contributed by atoms with Crippen molar-refractivity contribution in [1.82, 2.24) is 0 Å². The second kappa shape index (κ2) is 3.60. The van der Waals surface area contributed by atoms with E-state index >= 15 is 0 Å². The van der Waals surface area contributed by atoms with Crippen LogP contribution in [0.4, 0.5) is 4.39 Å². The summed E-state index contributed by atoms with van der Waals surface area (Å²) in [6.07, 6.45) is 2.91. The molecule has 1 nitrogen and oxygen atoms in total. The Kier molecular flexibility index (Phi) is 2.89. The van der Waals surface area contributed by atoms with Crippen molar-refractivity contribution in [1.29, 1.82) is 0 Å². The highest BCUT2D eigenvalue weighted by atomic mass is 19.1. The molecule has 0 amide bonds. The van der Waals surface area contributed by atoms with Crippen molar-refractivity contribution in [2.24, 2.45) is 5.41 Å². The van der Waals surface area contributed by atoms with E-state index in [-0.39, 0.29) is 11.6 Å². The molecule has 0 aromatic carbocycles. The maximum absolute atomic E-state index is 13.3. The molecule has 0 atom stereocenters. The lowest BCUT2D eigenvalue weighted by Crippen LogP contribution is -2.23. The third-order valence-electron chi connectivity index (χ3n) is 2.36. The van der Waals surface area contributed by atoms with Gasteiger partial charge in [-0.2, -0.15) is 0 Å². The first-order valence-electron chi connectivity index (χ1n) is 4.85. The molecule has 2 heteroatoms. The molecule has 0 bridgehead atoms. The van der Waals surface area contributed by atoms with E-state index in [1.54, 1.807) is 0 Å². The van der Waals surface area contributed by atoms with Gasteiger partial charge in [0, 0.05) is 11.0 Å². The van der Waals surface area contributed by atoms with Gasteiger partial charge in [-0.15, -0.1) is 0 Å². The Balaban J connectivity index is 2.87. The molecule has 0 radical (unpaired) electrons. The molecular formula is C11H17FO. The van der Waals surface area contributed by atoms with E-state index in [0.717, 1.165) is 12.8 Å². The van der Waals surface area contributed by atoms with E-state index in [9.17, 15) is 9.18 Å². The minimum Gasteiger partial charge on any atom is -0.294 e. The molecule has 0 unspecified atom stereocenters. The molecule has 0 aromatic rings. The molecule has 1 rings (SSSR count). The van der Waals surface area contributed by atoms with Crippen LogP contribution in [0.3, 0.4) is 0 Å². The summed E-state index contributed by atoms with van der Waals surface area (Å²) >= 11 is 0. The summed E-state index contributed by atoms with van der Waals surface area (Å²) in [5, 5.41) is 0. The summed E-state index contributed by atoms with van der Waals surface area (Å²) < 4.78 is 13.3. The second-order valence-corrected chi connectivity index (χ2v) is 4.67. The number of hydrogen-bond donors (Lipinski definition) is 0. The van der Waals surface area contributed by atoms with Crippen LogP contribution in [0, 0.1) is 5.41 Å². The fourth-order valence-corrected chi connectivity index (χ4v) is 1.56. The van der Waals surface area contributed by atoms with Gasteiger partial charge in [-0.25, -0.2) is 4.39 Å². The molecule has 0 heterocycles. The van der Waals surface area contributed by atoms with E-state index in [2.05, 4.69) is 0 Å². The summed E-state index contributed by atoms with van der Waals surface area (Å²) in [6, 6.07) is 0. The number of carbonyl (C=O) groups is 1. The van der Waals surface area contributed by atoms with Gasteiger partial charge < -0.3 is 0 Å². The minimum absolute atomic E-state index is 0.0234. The van der Waals surface area contributed by atoms with Gasteiger partial charge in [0.2, 0.25) is 0 Å². The number of ketones is 1. The Hall–Kier alpha value is -0.660. The fourth-order valence-electron chi connectivity index (χ4n) is 1.56. The summed E-state index contributed by atoms with van der Waals surface area (Å²) in [5.74, 6) is -0.198. The summed E-state index contributed by atoms with van der Waals surface area (Å²) in [5.41, 5.74) is 0.00282. The van der Waals surface area contributed by atoms with Gasteiger partial charge in [0.05, 0.1) is 0 Å². The molecule has 0 aliphatic heterocycles. The Morgan fingerprint density at radius 2 is 1.77 bits per heavy atom. The lowest BCUT2D eigenvalue weighted by atomic mass is 9.82. The maximum atomic E-state index is 13.3. The largest absolute Gasteiger partial charge is 0.294 e. The first-order chi connectivity index (χ1) is 5.93. The fraction of sp³-hybridized carbons (Fsp3) is 0.727. The molecule has 0 N–H and O–H groups in total. The molecule has 0 aromatic heterocycles. The van der Waals surface area contributed by atoms with Gasteiger partial charge in [0.1, 0.15) is 5.83 Å². The zero-order valence-corrected chi connectivity index (χ0v) is 8.61. The van der Waals surface area contributed by atoms with Crippen LogP contribution < -0.4 is 0 Å². The zero-order chi connectivity index (χ0) is 10.1. The number of hydrogen-bond acceptors (Lipinski definition) is 1. The van der Waals surface area contributed by atoms with Gasteiger partial charge in [-0.05, 0) is 25.7 Å². The SMILES string of the molecule is CC(C)(C)C(=O)C1=C(F)CCCC1. The maximum Gasteiger partial charge on any atom is 0.166 e. The van der Waals surface area contributed by atoms with Gasteiger partial charge >= 0.3 is 0 Å². The highest BCUT2D eigenvalue weighted by molar-refractivity contribution is 5.99. The van der Waals surface area contributed by atoms with Crippen molar-refractivity contribution in [2.45, 2.75) is 46.5 Å². The topological polar surface area (TPSA) is 17.1 Å². The summed E-state index contributed by atoms with van der Waals surface area (Å²) in [7, 11) is 0. The third-order valence-corrected chi connectivity index (χ3v) is 2.36. The number of rotatable bonds is 1. The average Bonchev–Trinajstić information content (AvgIpc) is 2.02. The van der Waals surface area contributed by atoms with Crippen molar-refractivity contribution in [2.75, 3.05) is 0 Å². The molecule has 0 fully saturated rings. The van der Waals surface area contributed by atoms with Gasteiger partial charge in [0.15, 0.2) is 5.78 Å². The second-order valence-electron chi connectivity index (χ2n) is 4.67. The van der Waals surface area contributed by atoms with E-state index in [0.29, 0.717) is 18.4 Å². The van der Waals surface area contributed by atoms with Crippen molar-refractivity contribution in [3.63, 3.8) is 0 Å². The van der Waals surface area contributed by atoms with Crippen LogP contribution in [0.5, 0.6) is 0 Å². The third kappa shape index (κ3) is 2.39. The van der Waals surface area contributed by atoms with E-state index < -0.39 is 5.41 Å². The molecule has 74 valence electrons. The molecular weight excluding hydrogens is 167 g/mol. The van der Waals surface area contributed by atoms with Crippen molar-refractivity contribution in [3.8, 4) is 0 Å². The van der Waals surface area contributed by atoms with Crippen LogP contribution >= 0.6 is 0 Å². The molecule has 0 saturated carbocycles. The number of allylic oxidation sites excluding steroid dienone is 2.